The average molecular weight is 469 g/mol. The van der Waals surface area contributed by atoms with E-state index < -0.39 is 11.9 Å². The molecule has 3 rings (SSSR count). The van der Waals surface area contributed by atoms with Gasteiger partial charge in [0, 0.05) is 5.39 Å². The number of nitrogens with zero attached hydrogens (tertiary/aromatic N) is 3. The van der Waals surface area contributed by atoms with Crippen molar-refractivity contribution in [3.63, 3.8) is 0 Å². The Balaban J connectivity index is 2.10. The van der Waals surface area contributed by atoms with Crippen LogP contribution in [0, 0.1) is 29.6 Å². The smallest absolute Gasteiger partial charge is 0.348 e. The Morgan fingerprint density at radius 3 is 2.38 bits per heavy atom. The first-order chi connectivity index (χ1) is 15.2. The predicted molar refractivity (Wildman–Crippen MR) is 125 cm³/mol. The van der Waals surface area contributed by atoms with Crippen molar-refractivity contribution >= 4 is 61.3 Å². The molecular weight excluding hydrogens is 448 g/mol. The van der Waals surface area contributed by atoms with Gasteiger partial charge in [-0.2, -0.15) is 10.5 Å². The van der Waals surface area contributed by atoms with Gasteiger partial charge in [-0.05, 0) is 30.9 Å². The van der Waals surface area contributed by atoms with Crippen molar-refractivity contribution in [2.75, 3.05) is 23.4 Å². The van der Waals surface area contributed by atoms with Gasteiger partial charge in [0.15, 0.2) is 0 Å². The summed E-state index contributed by atoms with van der Waals surface area (Å²) in [5.74, 6) is -1.11. The van der Waals surface area contributed by atoms with Crippen LogP contribution in [0.15, 0.2) is 0 Å². The number of aromatic nitrogens is 1. The summed E-state index contributed by atoms with van der Waals surface area (Å²) in [6, 6.07) is 4.09. The van der Waals surface area contributed by atoms with Gasteiger partial charge in [-0.1, -0.05) is 13.8 Å². The topological polar surface area (TPSA) is 168 Å². The molecule has 0 saturated carbocycles. The van der Waals surface area contributed by atoms with Crippen LogP contribution < -0.4 is 16.8 Å². The molecule has 3 heterocycles. The molecule has 0 radical (unpaired) electrons. The number of nitriles is 2. The molecule has 3 aromatic heterocycles. The Morgan fingerprint density at radius 2 is 1.81 bits per heavy atom. The highest BCUT2D eigenvalue weighted by Gasteiger charge is 2.27. The minimum Gasteiger partial charge on any atom is -0.462 e. The van der Waals surface area contributed by atoms with Crippen LogP contribution in [0.25, 0.3) is 10.2 Å². The van der Waals surface area contributed by atoms with E-state index in [0.717, 1.165) is 22.7 Å². The van der Waals surface area contributed by atoms with Gasteiger partial charge in [0.25, 0.3) is 5.91 Å². The molecule has 0 aliphatic rings. The van der Waals surface area contributed by atoms with E-state index in [1.54, 1.807) is 13.8 Å². The van der Waals surface area contributed by atoms with Gasteiger partial charge in [-0.15, -0.1) is 22.7 Å². The second kappa shape index (κ2) is 8.83. The molecule has 0 fully saturated rings. The number of thiophene rings is 2. The average Bonchev–Trinajstić information content (AvgIpc) is 3.23. The summed E-state index contributed by atoms with van der Waals surface area (Å²) in [7, 11) is 0. The Bertz CT molecular complexity index is 1340. The summed E-state index contributed by atoms with van der Waals surface area (Å²) in [4.78, 5) is 30.4. The summed E-state index contributed by atoms with van der Waals surface area (Å²) in [6.07, 6.45) is 0. The second-order valence-corrected chi connectivity index (χ2v) is 9.14. The maximum Gasteiger partial charge on any atom is 0.348 e. The fourth-order valence-electron chi connectivity index (χ4n) is 3.35. The molecular formula is C21H20N6O3S2. The fraction of sp³-hybridized carbons (Fsp3) is 0.286. The molecule has 5 N–H and O–H groups in total. The summed E-state index contributed by atoms with van der Waals surface area (Å²) in [5.41, 5.74) is 14.0. The van der Waals surface area contributed by atoms with E-state index in [0.29, 0.717) is 21.3 Å². The number of anilines is 3. The van der Waals surface area contributed by atoms with E-state index in [4.69, 9.17) is 16.2 Å². The Labute approximate surface area is 192 Å². The maximum atomic E-state index is 13.1. The van der Waals surface area contributed by atoms with Gasteiger partial charge in [0.1, 0.15) is 37.5 Å². The molecule has 0 atom stereocenters. The molecule has 0 bridgehead atoms. The first kappa shape index (κ1) is 23.0. The summed E-state index contributed by atoms with van der Waals surface area (Å²) in [6.45, 7) is 7.29. The molecule has 0 aromatic carbocycles. The normalized spacial score (nSPS) is 10.7. The lowest BCUT2D eigenvalue weighted by atomic mass is 9.95. The number of carbonyl (C=O) groups excluding carboxylic acids is 2. The zero-order valence-electron chi connectivity index (χ0n) is 17.8. The lowest BCUT2D eigenvalue weighted by Gasteiger charge is -2.12. The van der Waals surface area contributed by atoms with Crippen LogP contribution in [0.3, 0.4) is 0 Å². The lowest BCUT2D eigenvalue weighted by Crippen LogP contribution is -2.12. The molecule has 0 aliphatic carbocycles. The Hall–Kier alpha value is -3.67. The van der Waals surface area contributed by atoms with E-state index >= 15 is 0 Å². The summed E-state index contributed by atoms with van der Waals surface area (Å²) < 4.78 is 5.02. The SMILES string of the molecule is CCOC(=O)c1sc(NC(=O)c2sc3nc(N)c(C#N)c(C(C)C)c3c2N)c(C#N)c1C. The number of esters is 1. The van der Waals surface area contributed by atoms with Gasteiger partial charge >= 0.3 is 5.97 Å². The molecule has 1 amide bonds. The van der Waals surface area contributed by atoms with Crippen molar-refractivity contribution in [1.29, 1.82) is 10.5 Å². The highest BCUT2D eigenvalue weighted by molar-refractivity contribution is 7.21. The van der Waals surface area contributed by atoms with Crippen molar-refractivity contribution in [2.45, 2.75) is 33.6 Å². The first-order valence-corrected chi connectivity index (χ1v) is 11.2. The second-order valence-electron chi connectivity index (χ2n) is 7.12. The predicted octanol–water partition coefficient (Wildman–Crippen LogP) is 4.13. The number of rotatable bonds is 5. The van der Waals surface area contributed by atoms with Crippen LogP contribution in [0.4, 0.5) is 16.5 Å². The number of pyridine rings is 1. The molecule has 0 spiro atoms. The molecule has 0 saturated heterocycles. The van der Waals surface area contributed by atoms with Crippen LogP contribution in [0.5, 0.6) is 0 Å². The molecule has 164 valence electrons. The molecule has 11 heteroatoms. The third-order valence-electron chi connectivity index (χ3n) is 4.79. The van der Waals surface area contributed by atoms with Gasteiger partial charge < -0.3 is 21.5 Å². The standard InChI is InChI=1S/C21H20N6O3S2/c1-5-30-21(29)15-9(4)10(6-22)19(31-15)27-18(28)16-14(24)13-12(8(2)3)11(7-23)17(25)26-20(13)32-16/h8H,5,24H2,1-4H3,(H2,25,26)(H,27,28). The van der Waals surface area contributed by atoms with Crippen molar-refractivity contribution in [2.24, 2.45) is 0 Å². The Kier molecular flexibility index (Phi) is 6.35. The van der Waals surface area contributed by atoms with Crippen LogP contribution in [-0.2, 0) is 4.74 Å². The number of nitrogens with one attached hydrogen (secondary N) is 1. The van der Waals surface area contributed by atoms with Gasteiger partial charge in [0.2, 0.25) is 0 Å². The van der Waals surface area contributed by atoms with Crippen LogP contribution in [-0.4, -0.2) is 23.5 Å². The quantitative estimate of drug-likeness (QED) is 0.470. The monoisotopic (exact) mass is 468 g/mol. The first-order valence-electron chi connectivity index (χ1n) is 9.59. The van der Waals surface area contributed by atoms with E-state index in [-0.39, 0.29) is 49.9 Å². The number of hydrogen-bond acceptors (Lipinski definition) is 10. The zero-order valence-corrected chi connectivity index (χ0v) is 19.5. The number of ether oxygens (including phenoxy) is 1. The molecule has 32 heavy (non-hydrogen) atoms. The minimum absolute atomic E-state index is 0.0802. The zero-order chi connectivity index (χ0) is 23.7. The maximum absolute atomic E-state index is 13.1. The summed E-state index contributed by atoms with van der Waals surface area (Å²) >= 11 is 2.01. The highest BCUT2D eigenvalue weighted by Crippen LogP contribution is 2.41. The Morgan fingerprint density at radius 1 is 1.16 bits per heavy atom. The third kappa shape index (κ3) is 3.73. The van der Waals surface area contributed by atoms with Gasteiger partial charge in [-0.25, -0.2) is 9.78 Å². The molecule has 9 nitrogen and oxygen atoms in total. The number of hydrogen-bond donors (Lipinski definition) is 3. The van der Waals surface area contributed by atoms with Crippen LogP contribution >= 0.6 is 22.7 Å². The van der Waals surface area contributed by atoms with Crippen LogP contribution in [0.1, 0.15) is 68.3 Å². The number of nitrogen functional groups attached to an aromatic ring is 2. The minimum atomic E-state index is -0.557. The van der Waals surface area contributed by atoms with Crippen LogP contribution in [0.2, 0.25) is 0 Å². The third-order valence-corrected chi connectivity index (χ3v) is 7.07. The largest absolute Gasteiger partial charge is 0.462 e. The summed E-state index contributed by atoms with van der Waals surface area (Å²) in [5, 5.41) is 22.5. The van der Waals surface area contributed by atoms with Crippen molar-refractivity contribution < 1.29 is 14.3 Å². The highest BCUT2D eigenvalue weighted by atomic mass is 32.1. The van der Waals surface area contributed by atoms with Crippen molar-refractivity contribution in [1.82, 2.24) is 4.98 Å². The number of carbonyl (C=O) groups is 2. The van der Waals surface area contributed by atoms with Crippen molar-refractivity contribution in [3.8, 4) is 12.1 Å². The number of nitrogens with two attached hydrogens (primary N) is 2. The van der Waals surface area contributed by atoms with Gasteiger partial charge in [-0.3, -0.25) is 4.79 Å². The van der Waals surface area contributed by atoms with Crippen molar-refractivity contribution in [3.05, 3.63) is 32.0 Å². The van der Waals surface area contributed by atoms with Gasteiger partial charge in [0.05, 0.1) is 23.4 Å². The molecule has 0 aliphatic heterocycles. The molecule has 0 unspecified atom stereocenters. The fourth-order valence-corrected chi connectivity index (χ4v) is 5.41. The number of fused-ring (bicyclic) bond motifs is 1. The van der Waals surface area contributed by atoms with E-state index in [2.05, 4.69) is 16.4 Å². The molecule has 3 aromatic rings. The van der Waals surface area contributed by atoms with E-state index in [1.807, 2.05) is 19.9 Å². The van der Waals surface area contributed by atoms with E-state index in [9.17, 15) is 20.1 Å². The number of amides is 1. The van der Waals surface area contributed by atoms with E-state index in [1.165, 1.54) is 0 Å². The lowest BCUT2D eigenvalue weighted by molar-refractivity contribution is 0.0531.